The lowest BCUT2D eigenvalue weighted by Gasteiger charge is -2.13. The molecule has 0 radical (unpaired) electrons. The molecule has 158 valence electrons. The number of methoxy groups -OCH3 is 1. The second-order valence-electron chi connectivity index (χ2n) is 6.86. The van der Waals surface area contributed by atoms with Crippen molar-refractivity contribution in [1.82, 2.24) is 9.29 Å². The molecule has 30 heavy (non-hydrogen) atoms. The van der Waals surface area contributed by atoms with E-state index in [1.54, 1.807) is 13.8 Å². The molecule has 0 aliphatic rings. The van der Waals surface area contributed by atoms with Gasteiger partial charge in [-0.2, -0.15) is 4.99 Å². The Morgan fingerprint density at radius 2 is 1.93 bits per heavy atom. The van der Waals surface area contributed by atoms with Crippen LogP contribution >= 0.6 is 11.3 Å². The lowest BCUT2D eigenvalue weighted by Crippen LogP contribution is -2.30. The predicted molar refractivity (Wildman–Crippen MR) is 116 cm³/mol. The van der Waals surface area contributed by atoms with E-state index >= 15 is 0 Å². The fourth-order valence-corrected chi connectivity index (χ4v) is 5.00. The second-order valence-corrected chi connectivity index (χ2v) is 9.41. The summed E-state index contributed by atoms with van der Waals surface area (Å²) in [6.45, 7) is 4.02. The number of ether oxygens (including phenoxy) is 1. The number of hydrogen-bond donors (Lipinski definition) is 1. The summed E-state index contributed by atoms with van der Waals surface area (Å²) in [6.07, 6.45) is 1.86. The molecule has 3 rings (SSSR count). The Morgan fingerprint density at radius 3 is 2.60 bits per heavy atom. The molecule has 1 amide bonds. The number of thiazole rings is 1. The van der Waals surface area contributed by atoms with Crippen LogP contribution in [0.15, 0.2) is 70.0 Å². The largest absolute Gasteiger partial charge is 0.495 e. The number of sulfonamides is 1. The van der Waals surface area contributed by atoms with Crippen molar-refractivity contribution in [2.24, 2.45) is 4.99 Å². The standard InChI is InChI=1S/C21H23N3O4S2/c1-15(2)23-30(26,27)19-13-17(9-10-18(19)28-3)20(25)22-21-24(11-12-29-21)14-16-7-5-4-6-8-16/h4-13,15,23H,14H2,1-3H3. The predicted octanol–water partition coefficient (Wildman–Crippen LogP) is 3.03. The van der Waals surface area contributed by atoms with Crippen LogP contribution in [0.5, 0.6) is 5.75 Å². The molecule has 0 bridgehead atoms. The highest BCUT2D eigenvalue weighted by atomic mass is 32.2. The molecule has 0 atom stereocenters. The monoisotopic (exact) mass is 445 g/mol. The molecule has 0 unspecified atom stereocenters. The Labute approximate surface area is 179 Å². The van der Waals surface area contributed by atoms with Crippen molar-refractivity contribution < 1.29 is 17.9 Å². The number of carbonyl (C=O) groups is 1. The summed E-state index contributed by atoms with van der Waals surface area (Å²) >= 11 is 1.34. The minimum Gasteiger partial charge on any atom is -0.495 e. The summed E-state index contributed by atoms with van der Waals surface area (Å²) < 4.78 is 34.8. The average Bonchev–Trinajstić information content (AvgIpc) is 3.13. The molecular formula is C21H23N3O4S2. The Balaban J connectivity index is 1.95. The maximum absolute atomic E-state index is 12.8. The van der Waals surface area contributed by atoms with Crippen LogP contribution in [0.3, 0.4) is 0 Å². The van der Waals surface area contributed by atoms with E-state index in [2.05, 4.69) is 9.71 Å². The molecule has 0 spiro atoms. The molecule has 1 aromatic heterocycles. The molecule has 7 nitrogen and oxygen atoms in total. The first-order valence-corrected chi connectivity index (χ1v) is 11.6. The van der Waals surface area contributed by atoms with Crippen LogP contribution in [0.1, 0.15) is 29.8 Å². The molecule has 1 heterocycles. The van der Waals surface area contributed by atoms with E-state index < -0.39 is 15.9 Å². The number of nitrogens with one attached hydrogen (secondary N) is 1. The third-order valence-corrected chi connectivity index (χ3v) is 6.62. The van der Waals surface area contributed by atoms with Crippen molar-refractivity contribution in [3.8, 4) is 5.75 Å². The molecule has 0 fully saturated rings. The SMILES string of the molecule is COc1ccc(C(=O)N=c2sccn2Cc2ccccc2)cc1S(=O)(=O)NC(C)C. The number of hydrogen-bond acceptors (Lipinski definition) is 5. The van der Waals surface area contributed by atoms with Crippen molar-refractivity contribution in [2.45, 2.75) is 31.3 Å². The van der Waals surface area contributed by atoms with Gasteiger partial charge in [0.15, 0.2) is 4.80 Å². The lowest BCUT2D eigenvalue weighted by atomic mass is 10.2. The Morgan fingerprint density at radius 1 is 1.20 bits per heavy atom. The van der Waals surface area contributed by atoms with E-state index in [9.17, 15) is 13.2 Å². The van der Waals surface area contributed by atoms with Crippen molar-refractivity contribution in [3.05, 3.63) is 76.0 Å². The van der Waals surface area contributed by atoms with Gasteiger partial charge in [0.2, 0.25) is 10.0 Å². The Hall–Kier alpha value is -2.75. The first-order chi connectivity index (χ1) is 14.3. The number of carbonyl (C=O) groups excluding carboxylic acids is 1. The van der Waals surface area contributed by atoms with Crippen LogP contribution in [-0.4, -0.2) is 32.0 Å². The van der Waals surface area contributed by atoms with Gasteiger partial charge in [-0.1, -0.05) is 30.3 Å². The van der Waals surface area contributed by atoms with Crippen molar-refractivity contribution in [2.75, 3.05) is 7.11 Å². The quantitative estimate of drug-likeness (QED) is 0.605. The summed E-state index contributed by atoms with van der Waals surface area (Å²) in [5, 5.41) is 1.85. The number of rotatable bonds is 7. The van der Waals surface area contributed by atoms with Gasteiger partial charge in [-0.25, -0.2) is 13.1 Å². The molecule has 0 saturated heterocycles. The normalized spacial score (nSPS) is 12.3. The van der Waals surface area contributed by atoms with E-state index in [0.29, 0.717) is 11.3 Å². The van der Waals surface area contributed by atoms with Gasteiger partial charge in [-0.15, -0.1) is 11.3 Å². The average molecular weight is 446 g/mol. The maximum Gasteiger partial charge on any atom is 0.279 e. The van der Waals surface area contributed by atoms with Gasteiger partial charge in [0, 0.05) is 29.7 Å². The first-order valence-electron chi connectivity index (χ1n) is 9.27. The number of nitrogens with zero attached hydrogens (tertiary/aromatic N) is 2. The van der Waals surface area contributed by atoms with Crippen LogP contribution in [-0.2, 0) is 16.6 Å². The molecular weight excluding hydrogens is 422 g/mol. The minimum atomic E-state index is -3.84. The smallest absolute Gasteiger partial charge is 0.279 e. The van der Waals surface area contributed by atoms with Crippen LogP contribution in [0, 0.1) is 0 Å². The van der Waals surface area contributed by atoms with Gasteiger partial charge in [-0.3, -0.25) is 4.79 Å². The Bertz CT molecular complexity index is 1200. The first kappa shape index (κ1) is 21.9. The van der Waals surface area contributed by atoms with Crippen LogP contribution in [0.4, 0.5) is 0 Å². The summed E-state index contributed by atoms with van der Waals surface area (Å²) in [7, 11) is -2.46. The van der Waals surface area contributed by atoms with Crippen molar-refractivity contribution in [3.63, 3.8) is 0 Å². The van der Waals surface area contributed by atoms with Gasteiger partial charge in [-0.05, 0) is 37.6 Å². The molecule has 0 aliphatic carbocycles. The Kier molecular flexibility index (Phi) is 6.86. The summed E-state index contributed by atoms with van der Waals surface area (Å²) in [4.78, 5) is 17.4. The third-order valence-electron chi connectivity index (χ3n) is 4.14. The summed E-state index contributed by atoms with van der Waals surface area (Å²) in [6, 6.07) is 13.8. The zero-order valence-electron chi connectivity index (χ0n) is 16.9. The highest BCUT2D eigenvalue weighted by Crippen LogP contribution is 2.25. The van der Waals surface area contributed by atoms with E-state index in [-0.39, 0.29) is 22.3 Å². The van der Waals surface area contributed by atoms with Crippen LogP contribution in [0.2, 0.25) is 0 Å². The van der Waals surface area contributed by atoms with Gasteiger partial charge >= 0.3 is 0 Å². The lowest BCUT2D eigenvalue weighted by molar-refractivity contribution is 0.0997. The summed E-state index contributed by atoms with van der Waals surface area (Å²) in [5.74, 6) is -0.363. The topological polar surface area (TPSA) is 89.8 Å². The molecule has 3 aromatic rings. The number of amides is 1. The zero-order valence-corrected chi connectivity index (χ0v) is 18.5. The molecule has 0 saturated carbocycles. The number of aromatic nitrogens is 1. The maximum atomic E-state index is 12.8. The third kappa shape index (κ3) is 5.24. The van der Waals surface area contributed by atoms with Gasteiger partial charge in [0.05, 0.1) is 7.11 Å². The van der Waals surface area contributed by atoms with Gasteiger partial charge < -0.3 is 9.30 Å². The fourth-order valence-electron chi connectivity index (χ4n) is 2.83. The highest BCUT2D eigenvalue weighted by molar-refractivity contribution is 7.89. The zero-order chi connectivity index (χ0) is 21.7. The molecule has 9 heteroatoms. The fraction of sp³-hybridized carbons (Fsp3) is 0.238. The number of benzene rings is 2. The minimum absolute atomic E-state index is 0.0944. The van der Waals surface area contributed by atoms with Crippen LogP contribution in [0.25, 0.3) is 0 Å². The van der Waals surface area contributed by atoms with E-state index in [0.717, 1.165) is 5.56 Å². The highest BCUT2D eigenvalue weighted by Gasteiger charge is 2.22. The second kappa shape index (κ2) is 9.38. The van der Waals surface area contributed by atoms with E-state index in [4.69, 9.17) is 4.74 Å². The van der Waals surface area contributed by atoms with Crippen molar-refractivity contribution in [1.29, 1.82) is 0 Å². The molecule has 1 N–H and O–H groups in total. The van der Waals surface area contributed by atoms with E-state index in [1.165, 1.54) is 36.6 Å². The van der Waals surface area contributed by atoms with Crippen molar-refractivity contribution >= 4 is 27.3 Å². The van der Waals surface area contributed by atoms with Crippen LogP contribution < -0.4 is 14.3 Å². The molecule has 2 aromatic carbocycles. The van der Waals surface area contributed by atoms with Gasteiger partial charge in [0.25, 0.3) is 5.91 Å². The summed E-state index contributed by atoms with van der Waals surface area (Å²) in [5.41, 5.74) is 1.25. The molecule has 0 aliphatic heterocycles. The van der Waals surface area contributed by atoms with Gasteiger partial charge in [0.1, 0.15) is 10.6 Å². The van der Waals surface area contributed by atoms with E-state index in [1.807, 2.05) is 46.5 Å².